The lowest BCUT2D eigenvalue weighted by atomic mass is 10.2. The molecule has 5 nitrogen and oxygen atoms in total. The molecule has 1 aromatic carbocycles. The van der Waals surface area contributed by atoms with Crippen molar-refractivity contribution in [3.8, 4) is 5.75 Å². The van der Waals surface area contributed by atoms with Gasteiger partial charge in [0.1, 0.15) is 17.0 Å². The van der Waals surface area contributed by atoms with E-state index in [9.17, 15) is 23.3 Å². The lowest BCUT2D eigenvalue weighted by molar-refractivity contribution is -0.384. The first-order valence-corrected chi connectivity index (χ1v) is 5.14. The second-order valence-corrected chi connectivity index (χ2v) is 3.82. The van der Waals surface area contributed by atoms with Crippen molar-refractivity contribution < 1.29 is 22.8 Å². The first-order chi connectivity index (χ1) is 8.78. The maximum absolute atomic E-state index is 12.0. The Morgan fingerprint density at radius 1 is 1.37 bits per heavy atom. The number of ether oxygens (including phenoxy) is 1. The summed E-state index contributed by atoms with van der Waals surface area (Å²) in [6.45, 7) is 0. The molecule has 0 atom stereocenters. The van der Waals surface area contributed by atoms with Crippen molar-refractivity contribution in [3.05, 3.63) is 39.5 Å². The van der Waals surface area contributed by atoms with E-state index in [2.05, 4.69) is 9.72 Å². The zero-order valence-corrected chi connectivity index (χ0v) is 9.70. The maximum atomic E-state index is 12.0. The molecule has 100 valence electrons. The number of pyridine rings is 1. The van der Waals surface area contributed by atoms with Gasteiger partial charge < -0.3 is 4.74 Å². The van der Waals surface area contributed by atoms with E-state index in [1.807, 2.05) is 0 Å². The first-order valence-electron chi connectivity index (χ1n) is 4.76. The Labute approximate surface area is 108 Å². The predicted octanol–water partition coefficient (Wildman–Crippen LogP) is 3.70. The monoisotopic (exact) mass is 292 g/mol. The number of hydrogen-bond acceptors (Lipinski definition) is 4. The first kappa shape index (κ1) is 13.3. The molecule has 1 aromatic heterocycles. The maximum Gasteiger partial charge on any atom is 0.573 e. The third-order valence-corrected chi connectivity index (χ3v) is 2.58. The number of nitro groups is 1. The van der Waals surface area contributed by atoms with Crippen molar-refractivity contribution in [1.29, 1.82) is 0 Å². The average molecular weight is 293 g/mol. The van der Waals surface area contributed by atoms with Crippen molar-refractivity contribution in [1.82, 2.24) is 4.98 Å². The van der Waals surface area contributed by atoms with Gasteiger partial charge in [0.05, 0.1) is 10.4 Å². The lowest BCUT2D eigenvalue weighted by Gasteiger charge is -2.09. The van der Waals surface area contributed by atoms with Crippen molar-refractivity contribution in [2.45, 2.75) is 6.36 Å². The van der Waals surface area contributed by atoms with Gasteiger partial charge in [-0.2, -0.15) is 0 Å². The van der Waals surface area contributed by atoms with Gasteiger partial charge in [0, 0.05) is 11.5 Å². The summed E-state index contributed by atoms with van der Waals surface area (Å²) in [5.41, 5.74) is -0.351. The summed E-state index contributed by atoms with van der Waals surface area (Å²) >= 11 is 5.78. The zero-order chi connectivity index (χ0) is 14.2. The molecule has 0 spiro atoms. The number of aromatic nitrogens is 1. The van der Waals surface area contributed by atoms with Crippen LogP contribution >= 0.6 is 11.6 Å². The molecule has 19 heavy (non-hydrogen) atoms. The number of benzene rings is 1. The number of rotatable bonds is 2. The van der Waals surface area contributed by atoms with Crippen molar-refractivity contribution in [2.75, 3.05) is 0 Å². The molecule has 9 heteroatoms. The van der Waals surface area contributed by atoms with Gasteiger partial charge in [-0.25, -0.2) is 4.98 Å². The second-order valence-electron chi connectivity index (χ2n) is 3.44. The number of nitrogens with zero attached hydrogens (tertiary/aromatic N) is 2. The summed E-state index contributed by atoms with van der Waals surface area (Å²) in [6.07, 6.45) is -3.94. The Bertz CT molecular complexity index is 660. The van der Waals surface area contributed by atoms with Gasteiger partial charge in [-0.3, -0.25) is 10.1 Å². The molecule has 0 saturated carbocycles. The van der Waals surface area contributed by atoms with Gasteiger partial charge in [-0.15, -0.1) is 13.2 Å². The highest BCUT2D eigenvalue weighted by Crippen LogP contribution is 2.33. The summed E-state index contributed by atoms with van der Waals surface area (Å²) < 4.78 is 39.8. The molecule has 0 aliphatic heterocycles. The topological polar surface area (TPSA) is 65.3 Å². The summed E-state index contributed by atoms with van der Waals surface area (Å²) in [6, 6.07) is 3.18. The van der Waals surface area contributed by atoms with Crippen LogP contribution < -0.4 is 4.74 Å². The SMILES string of the molecule is O=[N+]([O-])c1cnc2cc(OC(F)(F)F)ccc2c1Cl. The van der Waals surface area contributed by atoms with Crippen LogP contribution in [0.25, 0.3) is 10.9 Å². The van der Waals surface area contributed by atoms with E-state index in [1.54, 1.807) is 0 Å². The molecular formula is C10H4ClF3N2O3. The lowest BCUT2D eigenvalue weighted by Crippen LogP contribution is -2.17. The smallest absolute Gasteiger partial charge is 0.406 e. The van der Waals surface area contributed by atoms with Crippen LogP contribution in [0.15, 0.2) is 24.4 Å². The standard InChI is InChI=1S/C10H4ClF3N2O3/c11-9-6-2-1-5(19-10(12,13)14)3-7(6)15-4-8(9)16(17)18/h1-4H. The Morgan fingerprint density at radius 3 is 2.63 bits per heavy atom. The average Bonchev–Trinajstić information content (AvgIpc) is 2.26. The van der Waals surface area contributed by atoms with E-state index in [-0.39, 0.29) is 15.9 Å². The second kappa shape index (κ2) is 4.54. The van der Waals surface area contributed by atoms with Crippen LogP contribution in [0.4, 0.5) is 18.9 Å². The molecule has 0 aliphatic rings. The van der Waals surface area contributed by atoms with Crippen molar-refractivity contribution in [2.24, 2.45) is 0 Å². The number of fused-ring (bicyclic) bond motifs is 1. The van der Waals surface area contributed by atoms with Crippen LogP contribution in [0.1, 0.15) is 0 Å². The summed E-state index contributed by atoms with van der Waals surface area (Å²) in [5.74, 6) is -0.475. The molecule has 1 heterocycles. The van der Waals surface area contributed by atoms with Crippen LogP contribution in [0.2, 0.25) is 5.02 Å². The number of halogens is 4. The molecule has 2 rings (SSSR count). The fourth-order valence-corrected chi connectivity index (χ4v) is 1.73. The summed E-state index contributed by atoms with van der Waals surface area (Å²) in [7, 11) is 0. The minimum Gasteiger partial charge on any atom is -0.406 e. The third kappa shape index (κ3) is 2.84. The number of hydrogen-bond donors (Lipinski definition) is 0. The molecule has 0 radical (unpaired) electrons. The number of alkyl halides is 3. The van der Waals surface area contributed by atoms with Gasteiger partial charge in [0.2, 0.25) is 0 Å². The quantitative estimate of drug-likeness (QED) is 0.625. The van der Waals surface area contributed by atoms with E-state index in [0.29, 0.717) is 0 Å². The minimum atomic E-state index is -4.82. The molecule has 2 aromatic rings. The van der Waals surface area contributed by atoms with E-state index in [1.165, 1.54) is 6.07 Å². The van der Waals surface area contributed by atoms with Gasteiger partial charge in [-0.05, 0) is 12.1 Å². The van der Waals surface area contributed by atoms with Crippen LogP contribution in [-0.2, 0) is 0 Å². The van der Waals surface area contributed by atoms with Crippen LogP contribution in [0.3, 0.4) is 0 Å². The molecule has 0 amide bonds. The predicted molar refractivity (Wildman–Crippen MR) is 60.1 cm³/mol. The summed E-state index contributed by atoms with van der Waals surface area (Å²) in [5, 5.41) is 10.6. The Hall–Kier alpha value is -2.09. The van der Waals surface area contributed by atoms with Crippen LogP contribution in [-0.4, -0.2) is 16.3 Å². The van der Waals surface area contributed by atoms with Crippen LogP contribution in [0.5, 0.6) is 5.75 Å². The highest BCUT2D eigenvalue weighted by molar-refractivity contribution is 6.37. The fourth-order valence-electron chi connectivity index (χ4n) is 1.45. The van der Waals surface area contributed by atoms with E-state index < -0.39 is 22.7 Å². The molecule has 0 unspecified atom stereocenters. The largest absolute Gasteiger partial charge is 0.573 e. The third-order valence-electron chi connectivity index (χ3n) is 2.19. The highest BCUT2D eigenvalue weighted by Gasteiger charge is 2.31. The molecule has 0 fully saturated rings. The molecular weight excluding hydrogens is 289 g/mol. The van der Waals surface area contributed by atoms with Crippen molar-refractivity contribution >= 4 is 28.2 Å². The molecule has 0 saturated heterocycles. The van der Waals surface area contributed by atoms with E-state index in [0.717, 1.165) is 18.3 Å². The fraction of sp³-hybridized carbons (Fsp3) is 0.100. The normalized spacial score (nSPS) is 11.6. The Balaban J connectivity index is 2.52. The highest BCUT2D eigenvalue weighted by atomic mass is 35.5. The summed E-state index contributed by atoms with van der Waals surface area (Å²) in [4.78, 5) is 13.6. The minimum absolute atomic E-state index is 0.0670. The van der Waals surface area contributed by atoms with Gasteiger partial charge in [-0.1, -0.05) is 11.6 Å². The Kier molecular flexibility index (Phi) is 3.19. The zero-order valence-electron chi connectivity index (χ0n) is 8.94. The molecule has 0 bridgehead atoms. The molecule has 0 aliphatic carbocycles. The van der Waals surface area contributed by atoms with E-state index >= 15 is 0 Å². The Morgan fingerprint density at radius 2 is 2.05 bits per heavy atom. The van der Waals surface area contributed by atoms with Crippen molar-refractivity contribution in [3.63, 3.8) is 0 Å². The van der Waals surface area contributed by atoms with Crippen LogP contribution in [0, 0.1) is 10.1 Å². The molecule has 0 N–H and O–H groups in total. The van der Waals surface area contributed by atoms with Gasteiger partial charge in [0.25, 0.3) is 0 Å². The van der Waals surface area contributed by atoms with Gasteiger partial charge >= 0.3 is 12.0 Å². The van der Waals surface area contributed by atoms with E-state index in [4.69, 9.17) is 11.6 Å². The van der Waals surface area contributed by atoms with Gasteiger partial charge in [0.15, 0.2) is 0 Å².